The maximum atomic E-state index is 12.9. The van der Waals surface area contributed by atoms with Gasteiger partial charge in [0.25, 0.3) is 5.91 Å². The van der Waals surface area contributed by atoms with Crippen LogP contribution in [0, 0.1) is 0 Å². The first-order valence-electron chi connectivity index (χ1n) is 8.18. The minimum Gasteiger partial charge on any atom is -0.355 e. The Morgan fingerprint density at radius 2 is 2.04 bits per heavy atom. The molecule has 124 valence electrons. The van der Waals surface area contributed by atoms with E-state index in [1.807, 2.05) is 46.0 Å². The van der Waals surface area contributed by atoms with Crippen molar-refractivity contribution >= 4 is 28.6 Å². The van der Waals surface area contributed by atoms with Crippen molar-refractivity contribution < 1.29 is 9.32 Å². The summed E-state index contributed by atoms with van der Waals surface area (Å²) < 4.78 is 5.55. The fourth-order valence-electron chi connectivity index (χ4n) is 3.18. The van der Waals surface area contributed by atoms with E-state index in [4.69, 9.17) is 4.52 Å². The summed E-state index contributed by atoms with van der Waals surface area (Å²) >= 11 is 3.13. The Bertz CT molecular complexity index is 793. The quantitative estimate of drug-likeness (QED) is 0.645. The lowest BCUT2D eigenvalue weighted by Crippen LogP contribution is -2.34. The van der Waals surface area contributed by atoms with Gasteiger partial charge >= 0.3 is 0 Å². The van der Waals surface area contributed by atoms with Gasteiger partial charge in [0.05, 0.1) is 15.8 Å². The normalized spacial score (nSPS) is 18.5. The van der Waals surface area contributed by atoms with Crippen molar-refractivity contribution in [2.45, 2.75) is 31.7 Å². The maximum Gasteiger partial charge on any atom is 0.264 e. The van der Waals surface area contributed by atoms with Crippen molar-refractivity contribution in [3.05, 3.63) is 51.7 Å². The van der Waals surface area contributed by atoms with Crippen molar-refractivity contribution in [3.8, 4) is 10.6 Å². The molecule has 24 heavy (non-hydrogen) atoms. The summed E-state index contributed by atoms with van der Waals surface area (Å²) in [6.45, 7) is 0.780. The van der Waals surface area contributed by atoms with Crippen LogP contribution in [-0.4, -0.2) is 22.5 Å². The van der Waals surface area contributed by atoms with Gasteiger partial charge in [0.15, 0.2) is 5.76 Å². The second-order valence-electron chi connectivity index (χ2n) is 5.93. The molecular weight excluding hydrogens is 340 g/mol. The molecular formula is C18H18N2O2S2. The van der Waals surface area contributed by atoms with Crippen LogP contribution in [0.4, 0.5) is 0 Å². The molecule has 0 radical (unpaired) electrons. The number of nitrogens with zero attached hydrogens (tertiary/aromatic N) is 2. The largest absolute Gasteiger partial charge is 0.355 e. The average molecular weight is 358 g/mol. The molecule has 0 N–H and O–H groups in total. The van der Waals surface area contributed by atoms with Crippen LogP contribution in [0.25, 0.3) is 10.6 Å². The molecule has 0 bridgehead atoms. The summed E-state index contributed by atoms with van der Waals surface area (Å²) in [5, 5.41) is 8.27. The van der Waals surface area contributed by atoms with Gasteiger partial charge in [-0.15, -0.1) is 22.7 Å². The van der Waals surface area contributed by atoms with Gasteiger partial charge in [-0.1, -0.05) is 30.1 Å². The van der Waals surface area contributed by atoms with Gasteiger partial charge in [0.2, 0.25) is 0 Å². The predicted octanol–water partition coefficient (Wildman–Crippen LogP) is 5.22. The monoisotopic (exact) mass is 358 g/mol. The van der Waals surface area contributed by atoms with Gasteiger partial charge < -0.3 is 9.42 Å². The second kappa shape index (κ2) is 6.91. The molecule has 0 aromatic carbocycles. The summed E-state index contributed by atoms with van der Waals surface area (Å²) in [5.74, 6) is 0.894. The van der Waals surface area contributed by atoms with Crippen LogP contribution in [0.3, 0.4) is 0 Å². The number of hydrogen-bond acceptors (Lipinski definition) is 5. The van der Waals surface area contributed by atoms with E-state index in [0.29, 0.717) is 0 Å². The van der Waals surface area contributed by atoms with Crippen LogP contribution in [0.5, 0.6) is 0 Å². The third-order valence-electron chi connectivity index (χ3n) is 4.38. The molecule has 3 aromatic rings. The molecule has 1 saturated heterocycles. The Labute approximate surface area is 148 Å². The number of hydrogen-bond donors (Lipinski definition) is 0. The van der Waals surface area contributed by atoms with Crippen molar-refractivity contribution in [1.29, 1.82) is 0 Å². The Morgan fingerprint density at radius 1 is 1.17 bits per heavy atom. The van der Waals surface area contributed by atoms with Crippen molar-refractivity contribution in [1.82, 2.24) is 10.1 Å². The Kier molecular flexibility index (Phi) is 4.49. The summed E-state index contributed by atoms with van der Waals surface area (Å²) in [4.78, 5) is 16.8. The van der Waals surface area contributed by atoms with Gasteiger partial charge in [-0.05, 0) is 35.7 Å². The first-order valence-corrected chi connectivity index (χ1v) is 9.94. The number of likely N-dealkylation sites (tertiary alicyclic amines) is 1. The zero-order valence-electron chi connectivity index (χ0n) is 13.2. The molecule has 0 saturated carbocycles. The van der Waals surface area contributed by atoms with E-state index in [9.17, 15) is 4.79 Å². The fraction of sp³-hybridized carbons (Fsp3) is 0.333. The van der Waals surface area contributed by atoms with Crippen LogP contribution >= 0.6 is 22.7 Å². The van der Waals surface area contributed by atoms with Crippen LogP contribution < -0.4 is 0 Å². The Balaban J connectivity index is 1.64. The lowest BCUT2D eigenvalue weighted by Gasteiger charge is -2.28. The lowest BCUT2D eigenvalue weighted by atomic mass is 10.1. The summed E-state index contributed by atoms with van der Waals surface area (Å²) in [6, 6.07) is 9.84. The third-order valence-corrected chi connectivity index (χ3v) is 6.12. The van der Waals surface area contributed by atoms with E-state index in [2.05, 4.69) is 5.16 Å². The molecule has 0 aliphatic carbocycles. The van der Waals surface area contributed by atoms with E-state index in [1.165, 1.54) is 11.3 Å². The second-order valence-corrected chi connectivity index (χ2v) is 7.83. The molecule has 1 amide bonds. The molecule has 0 unspecified atom stereocenters. The number of carbonyl (C=O) groups is 1. The van der Waals surface area contributed by atoms with Gasteiger partial charge in [0.1, 0.15) is 5.69 Å². The van der Waals surface area contributed by atoms with Gasteiger partial charge in [-0.25, -0.2) is 0 Å². The predicted molar refractivity (Wildman–Crippen MR) is 96.4 cm³/mol. The molecule has 4 nitrogen and oxygen atoms in total. The minimum atomic E-state index is -0.000405. The molecule has 6 heteroatoms. The Hall–Kier alpha value is -1.92. The van der Waals surface area contributed by atoms with Crippen LogP contribution in [0.2, 0.25) is 0 Å². The van der Waals surface area contributed by atoms with Crippen molar-refractivity contribution in [2.24, 2.45) is 0 Å². The fourth-order valence-corrected chi connectivity index (χ4v) is 4.53. The minimum absolute atomic E-state index is 0.000405. The molecule has 4 heterocycles. The third kappa shape index (κ3) is 3.03. The summed E-state index contributed by atoms with van der Waals surface area (Å²) in [6.07, 6.45) is 4.25. The SMILES string of the molecule is O=C(c1cccs1)N1CCCCC[C@H]1c1cc(-c2cccs2)on1. The first-order chi connectivity index (χ1) is 11.8. The molecule has 4 rings (SSSR count). The number of carbonyl (C=O) groups excluding carboxylic acids is 1. The Morgan fingerprint density at radius 3 is 2.83 bits per heavy atom. The zero-order chi connectivity index (χ0) is 16.4. The number of rotatable bonds is 3. The molecule has 3 aromatic heterocycles. The van der Waals surface area contributed by atoms with E-state index < -0.39 is 0 Å². The van der Waals surface area contributed by atoms with Crippen molar-refractivity contribution in [3.63, 3.8) is 0 Å². The van der Waals surface area contributed by atoms with E-state index >= 15 is 0 Å². The summed E-state index contributed by atoms with van der Waals surface area (Å²) in [7, 11) is 0. The zero-order valence-corrected chi connectivity index (χ0v) is 14.8. The standard InChI is InChI=1S/C18H18N2O2S2/c21-18(17-8-5-11-24-17)20-9-3-1-2-6-14(20)13-12-15(22-19-13)16-7-4-10-23-16/h4-5,7-8,10-12,14H,1-3,6,9H2/t14-/m0/s1. The summed E-state index contributed by atoms with van der Waals surface area (Å²) in [5.41, 5.74) is 0.866. The highest BCUT2D eigenvalue weighted by Crippen LogP contribution is 2.34. The highest BCUT2D eigenvalue weighted by molar-refractivity contribution is 7.13. The molecule has 0 spiro atoms. The first kappa shape index (κ1) is 15.6. The van der Waals surface area contributed by atoms with Gasteiger partial charge in [-0.2, -0.15) is 0 Å². The van der Waals surface area contributed by atoms with Crippen LogP contribution in [0.1, 0.15) is 47.1 Å². The number of amides is 1. The van der Waals surface area contributed by atoms with Crippen molar-refractivity contribution in [2.75, 3.05) is 6.54 Å². The lowest BCUT2D eigenvalue weighted by molar-refractivity contribution is 0.0679. The van der Waals surface area contributed by atoms with Crippen LogP contribution in [-0.2, 0) is 0 Å². The highest BCUT2D eigenvalue weighted by atomic mass is 32.1. The number of aromatic nitrogens is 1. The highest BCUT2D eigenvalue weighted by Gasteiger charge is 2.30. The van der Waals surface area contributed by atoms with E-state index in [1.54, 1.807) is 11.3 Å². The van der Waals surface area contributed by atoms with E-state index in [0.717, 1.165) is 53.4 Å². The molecule has 1 fully saturated rings. The smallest absolute Gasteiger partial charge is 0.264 e. The van der Waals surface area contributed by atoms with Crippen LogP contribution in [0.15, 0.2) is 45.6 Å². The maximum absolute atomic E-state index is 12.9. The number of thiophene rings is 2. The average Bonchev–Trinajstić information content (AvgIpc) is 3.33. The van der Waals surface area contributed by atoms with E-state index in [-0.39, 0.29) is 11.9 Å². The molecule has 1 atom stereocenters. The van der Waals surface area contributed by atoms with Gasteiger partial charge in [0, 0.05) is 12.6 Å². The molecule has 1 aliphatic rings. The topological polar surface area (TPSA) is 46.3 Å². The van der Waals surface area contributed by atoms with Gasteiger partial charge in [-0.3, -0.25) is 4.79 Å². The molecule has 1 aliphatic heterocycles.